The number of H-pyrrole nitrogens is 2. The molecule has 5 aromatic heterocycles. The van der Waals surface area contributed by atoms with Crippen molar-refractivity contribution < 1.29 is 4.79 Å². The van der Waals surface area contributed by atoms with E-state index in [1.54, 1.807) is 13.1 Å². The fourth-order valence-electron chi connectivity index (χ4n) is 3.98. The van der Waals surface area contributed by atoms with Crippen LogP contribution in [0.1, 0.15) is 28.7 Å². The molecule has 0 saturated carbocycles. The SMILES string of the molecule is CC(=O)c1ccc(-c2nccc3[nH]c(-c4n[nH]c5ccc(C6=CCNCC6)nc45)nc23)s1. The van der Waals surface area contributed by atoms with Crippen LogP contribution < -0.4 is 5.32 Å². The molecule has 3 N–H and O–H groups in total. The number of hydrogen-bond acceptors (Lipinski definition) is 7. The molecule has 32 heavy (non-hydrogen) atoms. The number of rotatable bonds is 4. The molecule has 0 amide bonds. The predicted octanol–water partition coefficient (Wildman–Crippen LogP) is 4.20. The first-order valence-corrected chi connectivity index (χ1v) is 11.2. The van der Waals surface area contributed by atoms with Crippen molar-refractivity contribution >= 4 is 44.8 Å². The van der Waals surface area contributed by atoms with Crippen LogP contribution in [0.25, 0.3) is 49.7 Å². The predicted molar refractivity (Wildman–Crippen MR) is 126 cm³/mol. The Kier molecular flexibility index (Phi) is 4.44. The average molecular weight is 442 g/mol. The third-order valence-electron chi connectivity index (χ3n) is 5.61. The summed E-state index contributed by atoms with van der Waals surface area (Å²) in [6.07, 6.45) is 4.89. The van der Waals surface area contributed by atoms with E-state index in [9.17, 15) is 4.79 Å². The third-order valence-corrected chi connectivity index (χ3v) is 6.81. The maximum Gasteiger partial charge on any atom is 0.169 e. The molecule has 0 fully saturated rings. The number of ketones is 1. The Hall–Kier alpha value is -3.69. The van der Waals surface area contributed by atoms with Gasteiger partial charge in [0.05, 0.1) is 26.5 Å². The van der Waals surface area contributed by atoms with Gasteiger partial charge in [-0.05, 0) is 55.8 Å². The molecular formula is C23H19N7OS. The zero-order valence-electron chi connectivity index (χ0n) is 17.3. The van der Waals surface area contributed by atoms with Gasteiger partial charge in [-0.3, -0.25) is 14.9 Å². The van der Waals surface area contributed by atoms with Crippen LogP contribution in [-0.4, -0.2) is 49.0 Å². The van der Waals surface area contributed by atoms with Crippen LogP contribution in [0.4, 0.5) is 0 Å². The van der Waals surface area contributed by atoms with Gasteiger partial charge >= 0.3 is 0 Å². The van der Waals surface area contributed by atoms with Gasteiger partial charge in [-0.1, -0.05) is 6.08 Å². The minimum atomic E-state index is 0.0462. The molecule has 158 valence electrons. The molecule has 8 nitrogen and oxygen atoms in total. The van der Waals surface area contributed by atoms with Gasteiger partial charge in [-0.25, -0.2) is 9.97 Å². The topological polar surface area (TPSA) is 112 Å². The molecule has 1 aliphatic rings. The third kappa shape index (κ3) is 3.14. The highest BCUT2D eigenvalue weighted by atomic mass is 32.1. The van der Waals surface area contributed by atoms with Gasteiger partial charge in [0.1, 0.15) is 16.7 Å². The zero-order valence-corrected chi connectivity index (χ0v) is 18.1. The highest BCUT2D eigenvalue weighted by Gasteiger charge is 2.19. The van der Waals surface area contributed by atoms with Crippen molar-refractivity contribution in [1.29, 1.82) is 0 Å². The number of pyridine rings is 2. The Labute approximate surface area is 186 Å². The monoisotopic (exact) mass is 441 g/mol. The normalized spacial score (nSPS) is 14.2. The average Bonchev–Trinajstić information content (AvgIpc) is 3.56. The van der Waals surface area contributed by atoms with Gasteiger partial charge in [0.15, 0.2) is 17.3 Å². The van der Waals surface area contributed by atoms with E-state index in [0.717, 1.165) is 57.8 Å². The van der Waals surface area contributed by atoms with E-state index < -0.39 is 0 Å². The molecule has 0 spiro atoms. The number of imidazole rings is 1. The molecular weight excluding hydrogens is 422 g/mol. The zero-order chi connectivity index (χ0) is 21.7. The van der Waals surface area contributed by atoms with E-state index in [0.29, 0.717) is 16.4 Å². The van der Waals surface area contributed by atoms with Crippen LogP contribution >= 0.6 is 11.3 Å². The molecule has 6 rings (SSSR count). The highest BCUT2D eigenvalue weighted by Crippen LogP contribution is 2.33. The number of nitrogens with one attached hydrogen (secondary N) is 3. The second-order valence-electron chi connectivity index (χ2n) is 7.71. The summed E-state index contributed by atoms with van der Waals surface area (Å²) in [7, 11) is 0. The highest BCUT2D eigenvalue weighted by molar-refractivity contribution is 7.17. The molecule has 5 aromatic rings. The summed E-state index contributed by atoms with van der Waals surface area (Å²) >= 11 is 1.42. The molecule has 0 aliphatic carbocycles. The maximum absolute atomic E-state index is 11.7. The minimum Gasteiger partial charge on any atom is -0.336 e. The lowest BCUT2D eigenvalue weighted by Gasteiger charge is -2.13. The molecule has 1 aliphatic heterocycles. The van der Waals surface area contributed by atoms with Crippen LogP contribution in [0.2, 0.25) is 0 Å². The summed E-state index contributed by atoms with van der Waals surface area (Å²) in [4.78, 5) is 31.0. The Morgan fingerprint density at radius 3 is 2.75 bits per heavy atom. The fourth-order valence-corrected chi connectivity index (χ4v) is 4.88. The quantitative estimate of drug-likeness (QED) is 0.360. The summed E-state index contributed by atoms with van der Waals surface area (Å²) in [6, 6.07) is 9.69. The van der Waals surface area contributed by atoms with E-state index in [4.69, 9.17) is 9.97 Å². The molecule has 9 heteroatoms. The van der Waals surface area contributed by atoms with Crippen molar-refractivity contribution in [3.8, 4) is 22.1 Å². The summed E-state index contributed by atoms with van der Waals surface area (Å²) in [5.74, 6) is 0.678. The molecule has 0 saturated heterocycles. The number of aromatic amines is 2. The number of thiophene rings is 1. The lowest BCUT2D eigenvalue weighted by Crippen LogP contribution is -2.20. The van der Waals surface area contributed by atoms with E-state index in [1.807, 2.05) is 30.3 Å². The summed E-state index contributed by atoms with van der Waals surface area (Å²) in [5.41, 5.74) is 6.88. The number of hydrogen-bond donors (Lipinski definition) is 3. The molecule has 0 aromatic carbocycles. The Bertz CT molecular complexity index is 1520. The molecule has 0 atom stereocenters. The van der Waals surface area contributed by atoms with E-state index in [1.165, 1.54) is 16.9 Å². The maximum atomic E-state index is 11.7. The second kappa shape index (κ2) is 7.47. The van der Waals surface area contributed by atoms with Crippen molar-refractivity contribution in [2.24, 2.45) is 0 Å². The lowest BCUT2D eigenvalue weighted by molar-refractivity contribution is 0.102. The summed E-state index contributed by atoms with van der Waals surface area (Å²) in [5, 5.41) is 10.9. The van der Waals surface area contributed by atoms with Crippen molar-refractivity contribution in [1.82, 2.24) is 35.5 Å². The minimum absolute atomic E-state index is 0.0462. The van der Waals surface area contributed by atoms with Crippen molar-refractivity contribution in [2.45, 2.75) is 13.3 Å². The largest absolute Gasteiger partial charge is 0.336 e. The molecule has 0 radical (unpaired) electrons. The van der Waals surface area contributed by atoms with Gasteiger partial charge < -0.3 is 10.3 Å². The number of fused-ring (bicyclic) bond motifs is 2. The van der Waals surface area contributed by atoms with Crippen LogP contribution in [-0.2, 0) is 0 Å². The van der Waals surface area contributed by atoms with E-state index in [2.05, 4.69) is 31.6 Å². The first-order valence-electron chi connectivity index (χ1n) is 10.4. The van der Waals surface area contributed by atoms with Gasteiger partial charge in [0.2, 0.25) is 0 Å². The van der Waals surface area contributed by atoms with Crippen molar-refractivity contribution in [3.05, 3.63) is 53.2 Å². The van der Waals surface area contributed by atoms with E-state index >= 15 is 0 Å². The van der Waals surface area contributed by atoms with Crippen molar-refractivity contribution in [3.63, 3.8) is 0 Å². The van der Waals surface area contributed by atoms with Gasteiger partial charge in [-0.15, -0.1) is 11.3 Å². The van der Waals surface area contributed by atoms with Crippen LogP contribution in [0, 0.1) is 0 Å². The Morgan fingerprint density at radius 1 is 1.03 bits per heavy atom. The number of nitrogens with zero attached hydrogens (tertiary/aromatic N) is 4. The van der Waals surface area contributed by atoms with Gasteiger partial charge in [0.25, 0.3) is 0 Å². The van der Waals surface area contributed by atoms with Crippen LogP contribution in [0.3, 0.4) is 0 Å². The van der Waals surface area contributed by atoms with Crippen LogP contribution in [0.5, 0.6) is 0 Å². The van der Waals surface area contributed by atoms with E-state index in [-0.39, 0.29) is 5.78 Å². The first kappa shape index (κ1) is 19.0. The summed E-state index contributed by atoms with van der Waals surface area (Å²) < 4.78 is 0. The van der Waals surface area contributed by atoms with Gasteiger partial charge in [0, 0.05) is 12.7 Å². The Balaban J connectivity index is 1.47. The second-order valence-corrected chi connectivity index (χ2v) is 8.79. The lowest BCUT2D eigenvalue weighted by atomic mass is 10.1. The number of carbonyl (C=O) groups is 1. The van der Waals surface area contributed by atoms with Crippen molar-refractivity contribution in [2.75, 3.05) is 13.1 Å². The number of Topliss-reactive ketones (excluding diaryl/α,β-unsaturated/α-hetero) is 1. The molecule has 6 heterocycles. The Morgan fingerprint density at radius 2 is 1.94 bits per heavy atom. The van der Waals surface area contributed by atoms with Gasteiger partial charge in [-0.2, -0.15) is 5.10 Å². The molecule has 0 unspecified atom stereocenters. The number of carbonyl (C=O) groups excluding carboxylic acids is 1. The smallest absolute Gasteiger partial charge is 0.169 e. The van der Waals surface area contributed by atoms with Crippen LogP contribution in [0.15, 0.2) is 42.6 Å². The number of aromatic nitrogens is 6. The standard InChI is InChI=1S/C23H19N7OS/c1-12(31)17-4-5-18(32-17)21-19-15(8-11-25-21)27-23(28-19)22-20-16(29-30-22)3-2-14(26-20)13-6-9-24-10-7-13/h2-6,8,11,24H,7,9-10H2,1H3,(H,27,28)(H,29,30). The molecule has 0 bridgehead atoms. The first-order chi connectivity index (χ1) is 15.7. The summed E-state index contributed by atoms with van der Waals surface area (Å²) in [6.45, 7) is 3.39. The fraction of sp³-hybridized carbons (Fsp3) is 0.174.